The summed E-state index contributed by atoms with van der Waals surface area (Å²) in [4.78, 5) is 27.4. The Bertz CT molecular complexity index is 978. The molecule has 7 heteroatoms. The van der Waals surface area contributed by atoms with Crippen molar-refractivity contribution in [3.63, 3.8) is 0 Å². The first-order valence-corrected chi connectivity index (χ1v) is 10.6. The van der Waals surface area contributed by atoms with Gasteiger partial charge in [-0.3, -0.25) is 9.59 Å². The lowest BCUT2D eigenvalue weighted by molar-refractivity contribution is -0.140. The summed E-state index contributed by atoms with van der Waals surface area (Å²) in [5.74, 6) is -0.271. The summed E-state index contributed by atoms with van der Waals surface area (Å²) in [6.45, 7) is 4.68. The van der Waals surface area contributed by atoms with E-state index in [2.05, 4.69) is 0 Å². The van der Waals surface area contributed by atoms with Crippen molar-refractivity contribution < 1.29 is 28.9 Å². The molecule has 1 heterocycles. The summed E-state index contributed by atoms with van der Waals surface area (Å²) in [5.41, 5.74) is 1.21. The lowest BCUT2D eigenvalue weighted by Gasteiger charge is -2.25. The highest BCUT2D eigenvalue weighted by Crippen LogP contribution is 2.40. The van der Waals surface area contributed by atoms with Gasteiger partial charge < -0.3 is 24.2 Å². The van der Waals surface area contributed by atoms with Gasteiger partial charge in [0.1, 0.15) is 17.3 Å². The van der Waals surface area contributed by atoms with E-state index in [0.29, 0.717) is 42.2 Å². The van der Waals surface area contributed by atoms with Crippen LogP contribution < -0.4 is 9.47 Å². The molecule has 170 valence electrons. The Kier molecular flexibility index (Phi) is 7.53. The Balaban J connectivity index is 2.01. The van der Waals surface area contributed by atoms with Gasteiger partial charge in [-0.2, -0.15) is 0 Å². The standard InChI is InChI=1S/C25H29NO6/c1-16(2)32-15-5-14-26-22(17-6-10-19(30-3)11-7-17)21(24(28)25(26)29)23(27)18-8-12-20(31-4)13-9-18/h6-13,16,22,27H,5,14-15H2,1-4H3/b23-21-. The van der Waals surface area contributed by atoms with Crippen LogP contribution >= 0.6 is 0 Å². The zero-order valence-electron chi connectivity index (χ0n) is 18.8. The van der Waals surface area contributed by atoms with Crippen LogP contribution in [-0.2, 0) is 14.3 Å². The summed E-state index contributed by atoms with van der Waals surface area (Å²) >= 11 is 0. The van der Waals surface area contributed by atoms with E-state index in [1.165, 1.54) is 4.90 Å². The average Bonchev–Trinajstić information content (AvgIpc) is 3.06. The number of ketones is 1. The van der Waals surface area contributed by atoms with Crippen molar-refractivity contribution >= 4 is 17.4 Å². The minimum absolute atomic E-state index is 0.0649. The van der Waals surface area contributed by atoms with Crippen LogP contribution in [0.15, 0.2) is 54.1 Å². The monoisotopic (exact) mass is 439 g/mol. The van der Waals surface area contributed by atoms with E-state index < -0.39 is 17.7 Å². The number of aliphatic hydroxyl groups is 1. The number of benzene rings is 2. The first kappa shape index (κ1) is 23.3. The highest BCUT2D eigenvalue weighted by Gasteiger charge is 2.45. The third-order valence-corrected chi connectivity index (χ3v) is 5.33. The Hall–Kier alpha value is -3.32. The lowest BCUT2D eigenvalue weighted by Crippen LogP contribution is -2.31. The molecule has 2 aromatic carbocycles. The summed E-state index contributed by atoms with van der Waals surface area (Å²) in [6.07, 6.45) is 0.651. The molecular formula is C25H29NO6. The van der Waals surface area contributed by atoms with Crippen molar-refractivity contribution in [1.82, 2.24) is 4.90 Å². The number of rotatable bonds is 9. The minimum atomic E-state index is -0.706. The number of amides is 1. The predicted molar refractivity (Wildman–Crippen MR) is 121 cm³/mol. The third kappa shape index (κ3) is 4.94. The molecule has 1 N–H and O–H groups in total. The minimum Gasteiger partial charge on any atom is -0.507 e. The fraction of sp³-hybridized carbons (Fsp3) is 0.360. The van der Waals surface area contributed by atoms with E-state index in [9.17, 15) is 14.7 Å². The summed E-state index contributed by atoms with van der Waals surface area (Å²) in [6, 6.07) is 13.1. The molecule has 0 radical (unpaired) electrons. The highest BCUT2D eigenvalue weighted by molar-refractivity contribution is 6.46. The van der Waals surface area contributed by atoms with E-state index in [1.807, 2.05) is 13.8 Å². The van der Waals surface area contributed by atoms with Crippen LogP contribution in [0.4, 0.5) is 0 Å². The molecule has 0 spiro atoms. The molecule has 32 heavy (non-hydrogen) atoms. The Morgan fingerprint density at radius 2 is 1.53 bits per heavy atom. The predicted octanol–water partition coefficient (Wildman–Crippen LogP) is 3.94. The summed E-state index contributed by atoms with van der Waals surface area (Å²) in [5, 5.41) is 11.1. The number of likely N-dealkylation sites (tertiary alicyclic amines) is 1. The molecule has 0 bridgehead atoms. The maximum absolute atomic E-state index is 13.0. The zero-order chi connectivity index (χ0) is 23.3. The molecular weight excluding hydrogens is 410 g/mol. The third-order valence-electron chi connectivity index (χ3n) is 5.33. The maximum Gasteiger partial charge on any atom is 0.295 e. The van der Waals surface area contributed by atoms with Crippen molar-refractivity contribution in [2.75, 3.05) is 27.4 Å². The fourth-order valence-corrected chi connectivity index (χ4v) is 3.70. The van der Waals surface area contributed by atoms with Crippen LogP contribution in [-0.4, -0.2) is 55.2 Å². The molecule has 1 saturated heterocycles. The first-order valence-electron chi connectivity index (χ1n) is 10.6. The second-order valence-electron chi connectivity index (χ2n) is 7.77. The lowest BCUT2D eigenvalue weighted by atomic mass is 9.95. The van der Waals surface area contributed by atoms with E-state index >= 15 is 0 Å². The van der Waals surface area contributed by atoms with Crippen molar-refractivity contribution in [2.24, 2.45) is 0 Å². The van der Waals surface area contributed by atoms with Gasteiger partial charge in [0.25, 0.3) is 11.7 Å². The number of Topliss-reactive ketones (excluding diaryl/α,β-unsaturated/α-hetero) is 1. The van der Waals surface area contributed by atoms with E-state index in [1.54, 1.807) is 62.8 Å². The molecule has 1 aliphatic heterocycles. The van der Waals surface area contributed by atoms with Crippen LogP contribution in [0.5, 0.6) is 11.5 Å². The molecule has 3 rings (SSSR count). The number of nitrogens with zero attached hydrogens (tertiary/aromatic N) is 1. The molecule has 0 saturated carbocycles. The molecule has 1 unspecified atom stereocenters. The van der Waals surface area contributed by atoms with Gasteiger partial charge in [0, 0.05) is 18.7 Å². The molecule has 1 amide bonds. The summed E-state index contributed by atoms with van der Waals surface area (Å²) < 4.78 is 16.0. The largest absolute Gasteiger partial charge is 0.507 e. The molecule has 7 nitrogen and oxygen atoms in total. The number of carbonyl (C=O) groups excluding carboxylic acids is 2. The average molecular weight is 440 g/mol. The van der Waals surface area contributed by atoms with Gasteiger partial charge in [-0.15, -0.1) is 0 Å². The molecule has 1 fully saturated rings. The first-order chi connectivity index (χ1) is 15.4. The number of methoxy groups -OCH3 is 2. The van der Waals surface area contributed by atoms with E-state index in [4.69, 9.17) is 14.2 Å². The van der Waals surface area contributed by atoms with Gasteiger partial charge in [0.2, 0.25) is 0 Å². The Morgan fingerprint density at radius 3 is 2.06 bits per heavy atom. The summed E-state index contributed by atoms with van der Waals surface area (Å²) in [7, 11) is 3.12. The van der Waals surface area contributed by atoms with Crippen LogP contribution in [0, 0.1) is 0 Å². The van der Waals surface area contributed by atoms with Gasteiger partial charge in [-0.1, -0.05) is 12.1 Å². The topological polar surface area (TPSA) is 85.3 Å². The molecule has 0 aromatic heterocycles. The molecule has 2 aromatic rings. The van der Waals surface area contributed by atoms with Gasteiger partial charge in [-0.25, -0.2) is 0 Å². The number of carbonyl (C=O) groups is 2. The number of hydrogen-bond acceptors (Lipinski definition) is 6. The Morgan fingerprint density at radius 1 is 0.969 bits per heavy atom. The van der Waals surface area contributed by atoms with Crippen molar-refractivity contribution in [3.05, 3.63) is 65.2 Å². The van der Waals surface area contributed by atoms with Crippen molar-refractivity contribution in [2.45, 2.75) is 32.4 Å². The highest BCUT2D eigenvalue weighted by atomic mass is 16.5. The van der Waals surface area contributed by atoms with Gasteiger partial charge in [-0.05, 0) is 62.2 Å². The number of aliphatic hydroxyl groups excluding tert-OH is 1. The van der Waals surface area contributed by atoms with Crippen molar-refractivity contribution in [1.29, 1.82) is 0 Å². The molecule has 1 atom stereocenters. The van der Waals surface area contributed by atoms with Crippen LogP contribution in [0.3, 0.4) is 0 Å². The number of hydrogen-bond donors (Lipinski definition) is 1. The van der Waals surface area contributed by atoms with Crippen LogP contribution in [0.1, 0.15) is 37.4 Å². The zero-order valence-corrected chi connectivity index (χ0v) is 18.8. The van der Waals surface area contributed by atoms with Crippen molar-refractivity contribution in [3.8, 4) is 11.5 Å². The smallest absolute Gasteiger partial charge is 0.295 e. The fourth-order valence-electron chi connectivity index (χ4n) is 3.70. The SMILES string of the molecule is COc1ccc(/C(O)=C2/C(=O)C(=O)N(CCCOC(C)C)C2c2ccc(OC)cc2)cc1. The van der Waals surface area contributed by atoms with Crippen LogP contribution in [0.2, 0.25) is 0 Å². The normalized spacial score (nSPS) is 17.8. The second kappa shape index (κ2) is 10.3. The van der Waals surface area contributed by atoms with Crippen LogP contribution in [0.25, 0.3) is 5.76 Å². The van der Waals surface area contributed by atoms with Gasteiger partial charge in [0.05, 0.1) is 31.9 Å². The molecule has 1 aliphatic rings. The van der Waals surface area contributed by atoms with E-state index in [0.717, 1.165) is 0 Å². The van der Waals surface area contributed by atoms with E-state index in [-0.39, 0.29) is 17.4 Å². The molecule has 0 aliphatic carbocycles. The maximum atomic E-state index is 13.0. The van der Waals surface area contributed by atoms with Gasteiger partial charge in [0.15, 0.2) is 0 Å². The Labute approximate surface area is 188 Å². The van der Waals surface area contributed by atoms with Gasteiger partial charge >= 0.3 is 0 Å². The number of ether oxygens (including phenoxy) is 3. The second-order valence-corrected chi connectivity index (χ2v) is 7.77. The quantitative estimate of drug-likeness (QED) is 0.276.